The molecule has 2 aromatic rings. The van der Waals surface area contributed by atoms with E-state index in [1.54, 1.807) is 25.1 Å². The molecule has 4 N–H and O–H groups in total. The molecular weight excluding hydrogens is 390 g/mol. The molecule has 1 saturated heterocycles. The van der Waals surface area contributed by atoms with E-state index in [1.807, 2.05) is 24.3 Å². The second kappa shape index (κ2) is 10.1. The average Bonchev–Trinajstić information content (AvgIpc) is 2.71. The smallest absolute Gasteiger partial charge is 0.238 e. The van der Waals surface area contributed by atoms with E-state index in [0.29, 0.717) is 17.6 Å². The second-order valence-corrected chi connectivity index (χ2v) is 7.94. The number of nitrogens with one attached hydrogen (secondary N) is 2. The van der Waals surface area contributed by atoms with Gasteiger partial charge < -0.3 is 20.8 Å². The first-order chi connectivity index (χ1) is 13.9. The predicted octanol–water partition coefficient (Wildman–Crippen LogP) is 3.40. The molecule has 2 aromatic carbocycles. The van der Waals surface area contributed by atoms with Crippen molar-refractivity contribution in [3.05, 3.63) is 58.6 Å². The number of likely N-dealkylation sites (tertiary alicyclic amines) is 1. The monoisotopic (exact) mass is 417 g/mol. The molecule has 1 amide bonds. The number of carbonyl (C=O) groups excluding carboxylic acids is 1. The van der Waals surface area contributed by atoms with Crippen LogP contribution in [0.15, 0.2) is 42.5 Å². The summed E-state index contributed by atoms with van der Waals surface area (Å²) >= 11 is 5.99. The minimum absolute atomic E-state index is 0.0403. The number of hydrogen-bond donors (Lipinski definition) is 4. The molecule has 1 fully saturated rings. The lowest BCUT2D eigenvalue weighted by Gasteiger charge is -2.32. The molecule has 6 nitrogen and oxygen atoms in total. The van der Waals surface area contributed by atoms with Crippen LogP contribution in [0.1, 0.15) is 37.0 Å². The summed E-state index contributed by atoms with van der Waals surface area (Å²) in [6.45, 7) is 3.67. The number of anilines is 2. The van der Waals surface area contributed by atoms with Gasteiger partial charge in [-0.3, -0.25) is 9.69 Å². The number of benzene rings is 2. The highest BCUT2D eigenvalue weighted by Gasteiger charge is 2.21. The van der Waals surface area contributed by atoms with Gasteiger partial charge in [0.1, 0.15) is 0 Å². The quantitative estimate of drug-likeness (QED) is 0.555. The van der Waals surface area contributed by atoms with Gasteiger partial charge in [0, 0.05) is 41.1 Å². The number of aliphatic hydroxyl groups excluding tert-OH is 2. The van der Waals surface area contributed by atoms with Crippen LogP contribution in [-0.2, 0) is 11.4 Å². The van der Waals surface area contributed by atoms with Crippen molar-refractivity contribution in [3.63, 3.8) is 0 Å². The van der Waals surface area contributed by atoms with Crippen LogP contribution in [0.3, 0.4) is 0 Å². The molecule has 1 heterocycles. The molecule has 0 aromatic heterocycles. The van der Waals surface area contributed by atoms with Crippen molar-refractivity contribution in [3.8, 4) is 0 Å². The Kier molecular flexibility index (Phi) is 7.50. The van der Waals surface area contributed by atoms with Crippen LogP contribution in [0.5, 0.6) is 0 Å². The van der Waals surface area contributed by atoms with Crippen molar-refractivity contribution in [2.24, 2.45) is 0 Å². The molecule has 1 atom stereocenters. The maximum atomic E-state index is 12.3. The zero-order valence-corrected chi connectivity index (χ0v) is 17.3. The van der Waals surface area contributed by atoms with Gasteiger partial charge in [-0.05, 0) is 55.7 Å². The first-order valence-electron chi connectivity index (χ1n) is 9.90. The number of amides is 1. The number of hydrogen-bond acceptors (Lipinski definition) is 5. The highest BCUT2D eigenvalue weighted by molar-refractivity contribution is 6.30. The van der Waals surface area contributed by atoms with Crippen LogP contribution >= 0.6 is 11.6 Å². The summed E-state index contributed by atoms with van der Waals surface area (Å²) in [5.41, 5.74) is 3.26. The van der Waals surface area contributed by atoms with Crippen molar-refractivity contribution < 1.29 is 15.0 Å². The molecule has 7 heteroatoms. The molecule has 0 aliphatic carbocycles. The zero-order chi connectivity index (χ0) is 20.8. The van der Waals surface area contributed by atoms with Crippen LogP contribution in [-0.4, -0.2) is 46.7 Å². The maximum Gasteiger partial charge on any atom is 0.238 e. The van der Waals surface area contributed by atoms with Gasteiger partial charge >= 0.3 is 0 Å². The van der Waals surface area contributed by atoms with E-state index >= 15 is 0 Å². The summed E-state index contributed by atoms with van der Waals surface area (Å²) in [5, 5.41) is 26.1. The fourth-order valence-corrected chi connectivity index (χ4v) is 3.73. The van der Waals surface area contributed by atoms with Gasteiger partial charge in [0.15, 0.2) is 0 Å². The lowest BCUT2D eigenvalue weighted by Crippen LogP contribution is -2.42. The van der Waals surface area contributed by atoms with Gasteiger partial charge in [-0.2, -0.15) is 0 Å². The third kappa shape index (κ3) is 6.18. The molecule has 1 unspecified atom stereocenters. The summed E-state index contributed by atoms with van der Waals surface area (Å²) in [7, 11) is 0. The van der Waals surface area contributed by atoms with Gasteiger partial charge in [0.2, 0.25) is 5.91 Å². The van der Waals surface area contributed by atoms with Gasteiger partial charge in [-0.25, -0.2) is 0 Å². The van der Waals surface area contributed by atoms with Crippen molar-refractivity contribution in [1.82, 2.24) is 4.90 Å². The van der Waals surface area contributed by atoms with Crippen LogP contribution in [0.25, 0.3) is 0 Å². The van der Waals surface area contributed by atoms with Crippen LogP contribution in [0.4, 0.5) is 11.4 Å². The van der Waals surface area contributed by atoms with E-state index in [-0.39, 0.29) is 12.5 Å². The number of piperidine rings is 1. The lowest BCUT2D eigenvalue weighted by molar-refractivity contribution is -0.117. The van der Waals surface area contributed by atoms with Crippen molar-refractivity contribution in [2.75, 3.05) is 30.3 Å². The Morgan fingerprint density at radius 2 is 1.90 bits per heavy atom. The first-order valence-corrected chi connectivity index (χ1v) is 10.3. The highest BCUT2D eigenvalue weighted by Crippen LogP contribution is 2.24. The van der Waals surface area contributed by atoms with E-state index in [4.69, 9.17) is 11.6 Å². The normalized spacial score (nSPS) is 16.4. The van der Waals surface area contributed by atoms with Crippen LogP contribution < -0.4 is 10.6 Å². The topological polar surface area (TPSA) is 84.8 Å². The number of halogens is 1. The van der Waals surface area contributed by atoms with Gasteiger partial charge in [-0.1, -0.05) is 23.7 Å². The fourth-order valence-electron chi connectivity index (χ4n) is 3.54. The maximum absolute atomic E-state index is 12.3. The van der Waals surface area contributed by atoms with Crippen molar-refractivity contribution in [1.29, 1.82) is 0 Å². The van der Waals surface area contributed by atoms with E-state index < -0.39 is 6.10 Å². The first kappa shape index (κ1) is 21.6. The number of aliphatic hydroxyl groups is 2. The Labute approximate surface area is 176 Å². The summed E-state index contributed by atoms with van der Waals surface area (Å²) in [5.74, 6) is -0.0403. The molecule has 0 spiro atoms. The summed E-state index contributed by atoms with van der Waals surface area (Å²) < 4.78 is 0. The number of carbonyl (C=O) groups is 1. The molecule has 1 aliphatic rings. The highest BCUT2D eigenvalue weighted by atomic mass is 35.5. The second-order valence-electron chi connectivity index (χ2n) is 7.50. The molecule has 156 valence electrons. The Morgan fingerprint density at radius 1 is 1.21 bits per heavy atom. The SMILES string of the molecule is CC(O)c1ccc(NC(=O)CN2CCC(Nc3ccc(Cl)cc3CO)CC2)cc1. The molecule has 0 radical (unpaired) electrons. The van der Waals surface area contributed by atoms with Gasteiger partial charge in [-0.15, -0.1) is 0 Å². The molecule has 0 saturated carbocycles. The molecular formula is C22H28ClN3O3. The summed E-state index contributed by atoms with van der Waals surface area (Å²) in [6.07, 6.45) is 1.32. The third-order valence-electron chi connectivity index (χ3n) is 5.23. The minimum Gasteiger partial charge on any atom is -0.392 e. The van der Waals surface area contributed by atoms with Crippen molar-refractivity contribution in [2.45, 2.75) is 38.5 Å². The van der Waals surface area contributed by atoms with E-state index in [2.05, 4.69) is 15.5 Å². The van der Waals surface area contributed by atoms with E-state index in [1.165, 1.54) is 0 Å². The Hall–Kier alpha value is -2.12. The predicted molar refractivity (Wildman–Crippen MR) is 116 cm³/mol. The minimum atomic E-state index is -0.518. The third-order valence-corrected chi connectivity index (χ3v) is 5.46. The summed E-state index contributed by atoms with van der Waals surface area (Å²) in [6, 6.07) is 13.0. The van der Waals surface area contributed by atoms with Crippen LogP contribution in [0, 0.1) is 0 Å². The molecule has 0 bridgehead atoms. The lowest BCUT2D eigenvalue weighted by atomic mass is 10.0. The number of nitrogens with zero attached hydrogens (tertiary/aromatic N) is 1. The summed E-state index contributed by atoms with van der Waals surface area (Å²) in [4.78, 5) is 14.5. The average molecular weight is 418 g/mol. The van der Waals surface area contributed by atoms with Crippen LogP contribution in [0.2, 0.25) is 5.02 Å². The Morgan fingerprint density at radius 3 is 2.52 bits per heavy atom. The van der Waals surface area contributed by atoms with E-state index in [9.17, 15) is 15.0 Å². The largest absolute Gasteiger partial charge is 0.392 e. The van der Waals surface area contributed by atoms with Gasteiger partial charge in [0.05, 0.1) is 19.3 Å². The molecule has 3 rings (SSSR count). The zero-order valence-electron chi connectivity index (χ0n) is 16.6. The van der Waals surface area contributed by atoms with E-state index in [0.717, 1.165) is 48.4 Å². The fraction of sp³-hybridized carbons (Fsp3) is 0.409. The molecule has 29 heavy (non-hydrogen) atoms. The Balaban J connectivity index is 1.45. The standard InChI is InChI=1S/C22H28ClN3O3/c1-15(28)16-2-5-19(6-3-16)25-22(29)13-26-10-8-20(9-11-26)24-21-7-4-18(23)12-17(21)14-27/h2-7,12,15,20,24,27-28H,8-11,13-14H2,1H3,(H,25,29). The Bertz CT molecular complexity index is 819. The number of rotatable bonds is 7. The molecule has 1 aliphatic heterocycles. The van der Waals surface area contributed by atoms with Gasteiger partial charge in [0.25, 0.3) is 0 Å². The van der Waals surface area contributed by atoms with Crippen molar-refractivity contribution >= 4 is 28.9 Å².